The highest BCUT2D eigenvalue weighted by molar-refractivity contribution is 5.97. The molecule has 4 aromatic rings. The topological polar surface area (TPSA) is 152 Å². The molecule has 1 atom stereocenters. The van der Waals surface area contributed by atoms with Crippen LogP contribution in [0.3, 0.4) is 0 Å². The average Bonchev–Trinajstić information content (AvgIpc) is 3.53. The smallest absolute Gasteiger partial charge is 0.247 e. The van der Waals surface area contributed by atoms with Crippen LogP contribution in [0.2, 0.25) is 0 Å². The second-order valence-electron chi connectivity index (χ2n) is 10.4. The molecule has 5 N–H and O–H groups in total. The van der Waals surface area contributed by atoms with E-state index in [1.54, 1.807) is 18.3 Å². The monoisotopic (exact) mass is 538 g/mol. The van der Waals surface area contributed by atoms with Gasteiger partial charge in [0.05, 0.1) is 0 Å². The third-order valence-corrected chi connectivity index (χ3v) is 7.64. The molecule has 0 unspecified atom stereocenters. The summed E-state index contributed by atoms with van der Waals surface area (Å²) in [4.78, 5) is 31.1. The Morgan fingerprint density at radius 2 is 1.85 bits per heavy atom. The summed E-state index contributed by atoms with van der Waals surface area (Å²) >= 11 is 0. The Balaban J connectivity index is 1.34. The predicted octanol–water partition coefficient (Wildman–Crippen LogP) is 3.67. The molecule has 0 spiro atoms. The Morgan fingerprint density at radius 3 is 2.55 bits per heavy atom. The van der Waals surface area contributed by atoms with Crippen LogP contribution in [0.5, 0.6) is 0 Å². The maximum Gasteiger partial charge on any atom is 0.247 e. The maximum absolute atomic E-state index is 13.6. The molecule has 10 heteroatoms. The average molecular weight is 539 g/mol. The molecule has 5 rings (SSSR count). The van der Waals surface area contributed by atoms with Gasteiger partial charge in [0.2, 0.25) is 17.6 Å². The highest BCUT2D eigenvalue weighted by atomic mass is 16.2. The normalized spacial score (nSPS) is 17.6. The molecule has 2 heterocycles. The van der Waals surface area contributed by atoms with E-state index in [-0.39, 0.29) is 17.7 Å². The van der Waals surface area contributed by atoms with Gasteiger partial charge < -0.3 is 16.4 Å². The fourth-order valence-electron chi connectivity index (χ4n) is 5.27. The van der Waals surface area contributed by atoms with E-state index in [9.17, 15) is 9.59 Å². The van der Waals surface area contributed by atoms with Crippen molar-refractivity contribution in [3.8, 4) is 22.5 Å². The van der Waals surface area contributed by atoms with E-state index in [2.05, 4.69) is 42.3 Å². The third kappa shape index (κ3) is 6.58. The molecular formula is C30H34N8O2. The summed E-state index contributed by atoms with van der Waals surface area (Å²) in [6, 6.07) is 16.5. The number of hydrogen-bond donors (Lipinski definition) is 4. The van der Waals surface area contributed by atoms with E-state index in [1.165, 1.54) is 0 Å². The maximum atomic E-state index is 13.6. The lowest BCUT2D eigenvalue weighted by Crippen LogP contribution is -2.48. The van der Waals surface area contributed by atoms with E-state index in [0.717, 1.165) is 53.5 Å². The fraction of sp³-hybridized carbons (Fsp3) is 0.333. The van der Waals surface area contributed by atoms with Crippen molar-refractivity contribution < 1.29 is 9.59 Å². The molecule has 1 aliphatic carbocycles. The second kappa shape index (κ2) is 12.6. The summed E-state index contributed by atoms with van der Waals surface area (Å²) in [7, 11) is 0. The number of benzene rings is 2. The van der Waals surface area contributed by atoms with Crippen LogP contribution < -0.4 is 16.4 Å². The lowest BCUT2D eigenvalue weighted by atomic mass is 9.81. The molecule has 0 radical (unpaired) electrons. The van der Waals surface area contributed by atoms with Crippen molar-refractivity contribution in [1.29, 1.82) is 0 Å². The van der Waals surface area contributed by atoms with Gasteiger partial charge in [0.1, 0.15) is 6.04 Å². The Hall–Kier alpha value is -4.44. The first kappa shape index (κ1) is 27.1. The lowest BCUT2D eigenvalue weighted by Gasteiger charge is -2.28. The van der Waals surface area contributed by atoms with Crippen molar-refractivity contribution >= 4 is 17.5 Å². The molecule has 2 aromatic carbocycles. The summed E-state index contributed by atoms with van der Waals surface area (Å²) < 4.78 is 0. The Bertz CT molecular complexity index is 1430. The number of H-pyrrole nitrogens is 1. The van der Waals surface area contributed by atoms with Crippen molar-refractivity contribution in [3.63, 3.8) is 0 Å². The van der Waals surface area contributed by atoms with Gasteiger partial charge in [-0.1, -0.05) is 24.3 Å². The van der Waals surface area contributed by atoms with Crippen LogP contribution in [0.25, 0.3) is 22.5 Å². The first-order chi connectivity index (χ1) is 19.5. The van der Waals surface area contributed by atoms with Crippen molar-refractivity contribution in [2.24, 2.45) is 17.6 Å². The highest BCUT2D eigenvalue weighted by Gasteiger charge is 2.29. The van der Waals surface area contributed by atoms with Gasteiger partial charge in [-0.05, 0) is 103 Å². The number of anilines is 1. The van der Waals surface area contributed by atoms with Crippen LogP contribution in [0.15, 0.2) is 67.0 Å². The standard InChI is InChI=1S/C30H34N8O2/c1-19-18-32-14-13-26(19)24-4-2-3-21(15-24)16-27(34-29(39)23-7-5-20(17-31)6-8-23)30(40)33-25-11-9-22(10-12-25)28-35-37-38-36-28/h2-4,9-15,18,20,23,27H,5-8,16-17,31H2,1H3,(H,33,40)(H,34,39)(H,35,36,37,38)/t20?,23?,27-/m0/s1. The second-order valence-corrected chi connectivity index (χ2v) is 10.4. The molecular weight excluding hydrogens is 504 g/mol. The molecule has 2 aromatic heterocycles. The fourth-order valence-corrected chi connectivity index (χ4v) is 5.27. The number of aryl methyl sites for hydroxylation is 1. The minimum Gasteiger partial charge on any atom is -0.344 e. The summed E-state index contributed by atoms with van der Waals surface area (Å²) in [5, 5.41) is 20.0. The highest BCUT2D eigenvalue weighted by Crippen LogP contribution is 2.29. The van der Waals surface area contributed by atoms with E-state index in [1.807, 2.05) is 49.5 Å². The van der Waals surface area contributed by atoms with Crippen LogP contribution in [0.4, 0.5) is 5.69 Å². The number of nitrogens with two attached hydrogens (primary N) is 1. The van der Waals surface area contributed by atoms with Crippen molar-refractivity contribution in [1.82, 2.24) is 30.9 Å². The quantitative estimate of drug-likeness (QED) is 0.254. The molecule has 10 nitrogen and oxygen atoms in total. The van der Waals surface area contributed by atoms with Gasteiger partial charge in [-0.25, -0.2) is 0 Å². The first-order valence-corrected chi connectivity index (χ1v) is 13.6. The predicted molar refractivity (Wildman–Crippen MR) is 153 cm³/mol. The zero-order valence-corrected chi connectivity index (χ0v) is 22.5. The van der Waals surface area contributed by atoms with Gasteiger partial charge in [-0.2, -0.15) is 5.21 Å². The van der Waals surface area contributed by atoms with Crippen LogP contribution in [0.1, 0.15) is 36.8 Å². The van der Waals surface area contributed by atoms with Gasteiger partial charge in [-0.3, -0.25) is 14.6 Å². The van der Waals surface area contributed by atoms with E-state index >= 15 is 0 Å². The molecule has 2 amide bonds. The van der Waals surface area contributed by atoms with Gasteiger partial charge >= 0.3 is 0 Å². The Kier molecular flexibility index (Phi) is 8.56. The van der Waals surface area contributed by atoms with Crippen molar-refractivity contribution in [2.75, 3.05) is 11.9 Å². The van der Waals surface area contributed by atoms with E-state index in [4.69, 9.17) is 5.73 Å². The lowest BCUT2D eigenvalue weighted by molar-refractivity contribution is -0.130. The van der Waals surface area contributed by atoms with Crippen LogP contribution in [0, 0.1) is 18.8 Å². The van der Waals surface area contributed by atoms with Crippen LogP contribution in [-0.2, 0) is 16.0 Å². The number of pyridine rings is 1. The van der Waals surface area contributed by atoms with Crippen molar-refractivity contribution in [2.45, 2.75) is 45.1 Å². The number of aromatic amines is 1. The van der Waals surface area contributed by atoms with E-state index in [0.29, 0.717) is 30.4 Å². The number of hydrogen-bond acceptors (Lipinski definition) is 7. The minimum atomic E-state index is -0.745. The first-order valence-electron chi connectivity index (χ1n) is 13.6. The molecule has 0 bridgehead atoms. The number of amides is 2. The number of nitrogens with zero attached hydrogens (tertiary/aromatic N) is 4. The molecule has 1 aliphatic rings. The van der Waals surface area contributed by atoms with Crippen molar-refractivity contribution in [3.05, 3.63) is 78.1 Å². The van der Waals surface area contributed by atoms with Crippen LogP contribution >= 0.6 is 0 Å². The third-order valence-electron chi connectivity index (χ3n) is 7.64. The van der Waals surface area contributed by atoms with Gasteiger partial charge in [0, 0.05) is 36.0 Å². The zero-order chi connectivity index (χ0) is 27.9. The molecule has 0 saturated heterocycles. The molecule has 206 valence electrons. The summed E-state index contributed by atoms with van der Waals surface area (Å²) in [6.45, 7) is 2.67. The molecule has 1 fully saturated rings. The number of tetrazole rings is 1. The molecule has 1 saturated carbocycles. The largest absolute Gasteiger partial charge is 0.344 e. The van der Waals surface area contributed by atoms with Gasteiger partial charge in [-0.15, -0.1) is 10.2 Å². The number of aromatic nitrogens is 5. The Morgan fingerprint density at radius 1 is 1.05 bits per heavy atom. The minimum absolute atomic E-state index is 0.0794. The van der Waals surface area contributed by atoms with Gasteiger partial charge in [0.15, 0.2) is 0 Å². The number of carbonyl (C=O) groups is 2. The zero-order valence-electron chi connectivity index (χ0n) is 22.5. The summed E-state index contributed by atoms with van der Waals surface area (Å²) in [6.07, 6.45) is 7.41. The van der Waals surface area contributed by atoms with Gasteiger partial charge in [0.25, 0.3) is 0 Å². The molecule has 40 heavy (non-hydrogen) atoms. The summed E-state index contributed by atoms with van der Waals surface area (Å²) in [5.41, 5.74) is 11.4. The number of nitrogens with one attached hydrogen (secondary N) is 3. The summed E-state index contributed by atoms with van der Waals surface area (Å²) in [5.74, 6) is 0.471. The van der Waals surface area contributed by atoms with Crippen LogP contribution in [-0.4, -0.2) is 50.0 Å². The number of rotatable bonds is 9. The Labute approximate surface area is 233 Å². The number of carbonyl (C=O) groups excluding carboxylic acids is 2. The molecule has 0 aliphatic heterocycles. The SMILES string of the molecule is Cc1cnccc1-c1cccc(C[C@H](NC(=O)C2CCC(CN)CC2)C(=O)Nc2ccc(-c3nn[nH]n3)cc2)c1. The van der Waals surface area contributed by atoms with E-state index < -0.39 is 6.04 Å².